The van der Waals surface area contributed by atoms with Crippen molar-refractivity contribution in [2.24, 2.45) is 0 Å². The Morgan fingerprint density at radius 3 is 1.09 bits per heavy atom. The number of terminal acetylenes is 2. The van der Waals surface area contributed by atoms with Gasteiger partial charge in [0, 0.05) is 77.9 Å². The fraction of sp³-hybridized carbons (Fsp3) is 0.208. The monoisotopic (exact) mass is 1640 g/mol. The zero-order chi connectivity index (χ0) is 74.6. The highest BCUT2D eigenvalue weighted by Crippen LogP contribution is 2.28. The molecular weight excluding hydrogens is 1580 g/mol. The molecule has 104 heavy (non-hydrogen) atoms. The summed E-state index contributed by atoms with van der Waals surface area (Å²) >= 11 is 14.3. The average molecular weight is 1650 g/mol. The number of rotatable bonds is 9. The van der Waals surface area contributed by atoms with Crippen molar-refractivity contribution in [3.63, 3.8) is 0 Å². The molecule has 0 radical (unpaired) electrons. The van der Waals surface area contributed by atoms with Gasteiger partial charge >= 0.3 is 7.12 Å². The van der Waals surface area contributed by atoms with E-state index in [0.29, 0.717) is 93.8 Å². The predicted octanol–water partition coefficient (Wildman–Crippen LogP) is 12.3. The summed E-state index contributed by atoms with van der Waals surface area (Å²) in [6.45, 7) is 4.99. The summed E-state index contributed by atoms with van der Waals surface area (Å²) < 4.78 is 12.8. The highest BCUT2D eigenvalue weighted by molar-refractivity contribution is 9.12. The molecule has 8 amide bonds. The number of aliphatic hydroxyl groups excluding tert-OH is 1. The molecule has 0 bridgehead atoms. The van der Waals surface area contributed by atoms with Gasteiger partial charge in [-0.1, -0.05) is 132 Å². The molecule has 6 aliphatic heterocycles. The molecule has 20 nitrogen and oxygen atoms in total. The number of nitrogens with one attached hydrogen (secondary N) is 1. The second-order valence-electron chi connectivity index (χ2n) is 21.7. The number of benzene rings is 6. The van der Waals surface area contributed by atoms with E-state index in [0.717, 1.165) is 53.4 Å². The van der Waals surface area contributed by atoms with Gasteiger partial charge in [0.25, 0.3) is 47.3 Å². The number of halogens is 3. The van der Waals surface area contributed by atoms with Gasteiger partial charge in [-0.25, -0.2) is 15.0 Å². The van der Waals surface area contributed by atoms with Gasteiger partial charge in [0.15, 0.2) is 13.9 Å². The molecule has 0 unspecified atom stereocenters. The van der Waals surface area contributed by atoms with Gasteiger partial charge in [0.1, 0.15) is 0 Å². The number of hydrogen-bond acceptors (Lipinski definition) is 19. The lowest BCUT2D eigenvalue weighted by Gasteiger charge is -2.10. The van der Waals surface area contributed by atoms with Gasteiger partial charge < -0.3 is 24.6 Å². The summed E-state index contributed by atoms with van der Waals surface area (Å²) in [5, 5.41) is 28.7. The van der Waals surface area contributed by atoms with Crippen LogP contribution < -0.4 is 10.8 Å². The van der Waals surface area contributed by atoms with Crippen molar-refractivity contribution in [2.75, 3.05) is 52.7 Å². The summed E-state index contributed by atoms with van der Waals surface area (Å²) in [6.07, 6.45) is 21.9. The number of thiazole rings is 3. The molecule has 9 aromatic rings. The second kappa shape index (κ2) is 44.1. The lowest BCUT2D eigenvalue weighted by atomic mass is 9.81. The van der Waals surface area contributed by atoms with Gasteiger partial charge in [-0.3, -0.25) is 58.4 Å². The number of imide groups is 4. The number of amides is 8. The lowest BCUT2D eigenvalue weighted by Crippen LogP contribution is -2.30. The van der Waals surface area contributed by atoms with Crippen LogP contribution in [0, 0.1) is 48.4 Å². The van der Waals surface area contributed by atoms with Gasteiger partial charge in [-0.05, 0) is 145 Å². The Bertz CT molecular complexity index is 4470. The number of carbonyl (C=O) groups excluding carboxylic acids is 8. The largest absolute Gasteiger partial charge is 0.488 e. The smallest absolute Gasteiger partial charge is 0.423 e. The fourth-order valence-electron chi connectivity index (χ4n) is 9.56. The number of nitrogens with zero attached hydrogens (tertiary/aromatic N) is 6. The average Bonchev–Trinajstić information content (AvgIpc) is 1.64. The Labute approximate surface area is 639 Å². The minimum absolute atomic E-state index is 0.108. The number of carbonyl (C=O) groups is 8. The maximum atomic E-state index is 12.3. The number of aliphatic hydroxyl groups is 1. The van der Waals surface area contributed by atoms with E-state index in [9.17, 15) is 38.4 Å². The SMILES string of the molecule is Brc1cnc(Br)s1.C#CCCN1C(=O)c2ccccc2C1=O.C#CCCO.C1CCOC1.C1CCOC1.O=C1NC(=O)c2ccccc21.O=C1c2ccccc2C(=O)N1CCC#Cc1ncc(-c2ccccc2)s1.O=C1c2ccccc2C(=O)N1CCC#Cc1ncc(Br)s1.OB(O)c1ccccc1. The Morgan fingerprint density at radius 1 is 0.442 bits per heavy atom. The standard InChI is InChI=1S/C21H14N2O2S.C15H9BrN2O2S.C12H9NO2.C8H5NO2.C6H7BO2.2C4H8O.C4H6O.C3HBr2NS/c24-20-16-10-4-5-11-17(16)21(25)23(20)13-7-6-12-19-22-14-18(26-19)15-8-2-1-3-9-15;16-12-9-17-13(21-12)7-3-4-8-18-14(19)10-5-1-2-6-11(10)15(18)20;1-2-3-8-13-11(14)9-6-4-5-7-10(9)12(13)15;10-7-5-3-1-2-4-6(5)8(11)9-7;8-7(9)6-4-2-1-3-5-6;2*1-2-4-5-3-1;1-2-3-4-5;4-2-1-6-3(5)7-2/h1-5,8-11,14H,7,13H2;1-2,5-6,9H,4,8H2;1,4-7H,3,8H2;1-4H,(H,9,10,11);1-5,8-9H;2*1-4H2;1,5H,3-4H2;1H. The van der Waals surface area contributed by atoms with E-state index in [-0.39, 0.29) is 60.4 Å². The van der Waals surface area contributed by atoms with E-state index in [1.807, 2.05) is 42.6 Å². The molecule has 15 rings (SSSR count). The summed E-state index contributed by atoms with van der Waals surface area (Å²) in [7, 11) is -1.34. The first-order valence-electron chi connectivity index (χ1n) is 32.2. The van der Waals surface area contributed by atoms with Crippen LogP contribution in [0.3, 0.4) is 0 Å². The van der Waals surface area contributed by atoms with Crippen molar-refractivity contribution in [1.82, 2.24) is 35.0 Å². The molecule has 0 spiro atoms. The summed E-state index contributed by atoms with van der Waals surface area (Å²) in [6, 6.07) is 46.0. The zero-order valence-electron chi connectivity index (χ0n) is 55.8. The van der Waals surface area contributed by atoms with Gasteiger partial charge in [0.05, 0.1) is 76.0 Å². The quantitative estimate of drug-likeness (QED) is 0.0594. The van der Waals surface area contributed by atoms with Gasteiger partial charge in [-0.15, -0.1) is 47.4 Å². The summed E-state index contributed by atoms with van der Waals surface area (Å²) in [5.74, 6) is 14.5. The Hall–Kier alpha value is -9.69. The van der Waals surface area contributed by atoms with Crippen LogP contribution in [0.2, 0.25) is 0 Å². The molecule has 0 aliphatic carbocycles. The Morgan fingerprint density at radius 2 is 0.788 bits per heavy atom. The van der Waals surface area contributed by atoms with E-state index >= 15 is 0 Å². The molecule has 2 saturated heterocycles. The van der Waals surface area contributed by atoms with Crippen molar-refractivity contribution < 1.29 is 63.0 Å². The lowest BCUT2D eigenvalue weighted by molar-refractivity contribution is 0.0642. The number of hydrogen-bond donors (Lipinski definition) is 4. The van der Waals surface area contributed by atoms with Crippen LogP contribution in [-0.4, -0.2) is 152 Å². The summed E-state index contributed by atoms with van der Waals surface area (Å²) in [5.41, 5.74) is 5.41. The first-order valence-corrected chi connectivity index (χ1v) is 37.0. The van der Waals surface area contributed by atoms with Gasteiger partial charge in [0.2, 0.25) is 0 Å². The molecule has 530 valence electrons. The van der Waals surface area contributed by atoms with E-state index in [2.05, 4.69) is 104 Å². The van der Waals surface area contributed by atoms with Crippen molar-refractivity contribution >= 4 is 142 Å². The Balaban J connectivity index is 0.000000174. The highest BCUT2D eigenvalue weighted by atomic mass is 79.9. The second-order valence-corrected chi connectivity index (χ2v) is 28.8. The molecule has 3 aromatic heterocycles. The number of ether oxygens (including phenoxy) is 2. The Kier molecular flexibility index (Phi) is 34.6. The van der Waals surface area contributed by atoms with Crippen LogP contribution in [0.1, 0.15) is 144 Å². The van der Waals surface area contributed by atoms with Crippen LogP contribution in [0.5, 0.6) is 0 Å². The molecule has 2 fully saturated rings. The highest BCUT2D eigenvalue weighted by Gasteiger charge is 2.37. The fourth-order valence-corrected chi connectivity index (χ4v) is 13.6. The van der Waals surface area contributed by atoms with Crippen molar-refractivity contribution in [3.05, 3.63) is 242 Å². The van der Waals surface area contributed by atoms with Gasteiger partial charge in [-0.2, -0.15) is 0 Å². The third-order valence-electron chi connectivity index (χ3n) is 14.6. The third-order valence-corrected chi connectivity index (χ3v) is 18.9. The van der Waals surface area contributed by atoms with Crippen molar-refractivity contribution in [2.45, 2.75) is 51.4 Å². The molecule has 27 heteroatoms. The molecule has 0 saturated carbocycles. The van der Waals surface area contributed by atoms with Crippen LogP contribution in [-0.2, 0) is 9.47 Å². The van der Waals surface area contributed by atoms with E-state index in [1.54, 1.807) is 145 Å². The maximum Gasteiger partial charge on any atom is 0.488 e. The molecule has 6 aromatic carbocycles. The van der Waals surface area contributed by atoms with Crippen molar-refractivity contribution in [3.8, 4) is 58.8 Å². The van der Waals surface area contributed by atoms with Crippen LogP contribution in [0.25, 0.3) is 10.4 Å². The van der Waals surface area contributed by atoms with Crippen LogP contribution in [0.15, 0.2) is 188 Å². The third kappa shape index (κ3) is 25.0. The van der Waals surface area contributed by atoms with E-state index in [1.165, 1.54) is 63.1 Å². The molecule has 0 atom stereocenters. The van der Waals surface area contributed by atoms with E-state index in [4.69, 9.17) is 37.5 Å². The molecule has 9 heterocycles. The number of fused-ring (bicyclic) bond motifs is 4. The number of aromatic nitrogens is 3. The van der Waals surface area contributed by atoms with E-state index < -0.39 is 7.12 Å². The topological polar surface area (TPSA) is 276 Å². The minimum Gasteiger partial charge on any atom is -0.423 e. The predicted molar refractivity (Wildman–Crippen MR) is 412 cm³/mol. The minimum atomic E-state index is -1.34. The zero-order valence-corrected chi connectivity index (χ0v) is 63.0. The summed E-state index contributed by atoms with van der Waals surface area (Å²) in [4.78, 5) is 111. The maximum absolute atomic E-state index is 12.3. The molecule has 4 N–H and O–H groups in total. The first-order chi connectivity index (χ1) is 50.4. The molecule has 6 aliphatic rings. The van der Waals surface area contributed by atoms with Crippen LogP contribution in [0.4, 0.5) is 0 Å². The molecular formula is C77H67BBr3N7O13S3. The first kappa shape index (κ1) is 81.6. The van der Waals surface area contributed by atoms with Crippen molar-refractivity contribution in [1.29, 1.82) is 0 Å². The van der Waals surface area contributed by atoms with Crippen LogP contribution >= 0.6 is 81.8 Å². The normalized spacial score (nSPS) is 13.4.